The van der Waals surface area contributed by atoms with Gasteiger partial charge in [-0.3, -0.25) is 4.52 Å². The van der Waals surface area contributed by atoms with Gasteiger partial charge in [-0.15, -0.1) is 0 Å². The summed E-state index contributed by atoms with van der Waals surface area (Å²) in [5.41, 5.74) is 0. The van der Waals surface area contributed by atoms with Crippen LogP contribution < -0.4 is 0 Å². The lowest BCUT2D eigenvalue weighted by molar-refractivity contribution is -0.0508. The maximum absolute atomic E-state index is 12.2. The zero-order chi connectivity index (χ0) is 9.12. The van der Waals surface area contributed by atoms with Crippen molar-refractivity contribution in [3.05, 3.63) is 0 Å². The molecular formula is C4H9F2O4P. The van der Waals surface area contributed by atoms with Gasteiger partial charge in [-0.05, 0) is 0 Å². The van der Waals surface area contributed by atoms with Crippen LogP contribution >= 0.6 is 7.82 Å². The maximum atomic E-state index is 12.2. The minimum Gasteiger partial charge on any atom is -0.303 e. The summed E-state index contributed by atoms with van der Waals surface area (Å²) in [7, 11) is -4.76. The van der Waals surface area contributed by atoms with Gasteiger partial charge in [-0.25, -0.2) is 13.3 Å². The third-order valence-corrected chi connectivity index (χ3v) is 1.43. The fourth-order valence-corrected chi connectivity index (χ4v) is 0.638. The molecule has 0 aliphatic rings. The molecule has 4 nitrogen and oxygen atoms in total. The van der Waals surface area contributed by atoms with E-state index in [1.54, 1.807) is 0 Å². The Bertz CT molecular complexity index is 165. The second-order valence-corrected chi connectivity index (χ2v) is 3.21. The van der Waals surface area contributed by atoms with E-state index in [4.69, 9.17) is 9.79 Å². The molecule has 0 unspecified atom stereocenters. The summed E-state index contributed by atoms with van der Waals surface area (Å²) >= 11 is 0. The molecule has 0 aromatic carbocycles. The molecule has 0 aliphatic carbocycles. The van der Waals surface area contributed by atoms with Gasteiger partial charge in [0.2, 0.25) is 0 Å². The van der Waals surface area contributed by atoms with Crippen LogP contribution in [-0.2, 0) is 9.09 Å². The first-order valence-electron chi connectivity index (χ1n) is 2.85. The van der Waals surface area contributed by atoms with Gasteiger partial charge < -0.3 is 9.79 Å². The minimum absolute atomic E-state index is 0.507. The van der Waals surface area contributed by atoms with Crippen molar-refractivity contribution in [2.24, 2.45) is 0 Å². The molecule has 0 fully saturated rings. The van der Waals surface area contributed by atoms with E-state index >= 15 is 0 Å². The van der Waals surface area contributed by atoms with Crippen molar-refractivity contribution < 1.29 is 27.7 Å². The molecule has 0 aromatic rings. The zero-order valence-corrected chi connectivity index (χ0v) is 6.72. The van der Waals surface area contributed by atoms with Crippen LogP contribution in [0, 0.1) is 0 Å². The third kappa shape index (κ3) is 6.37. The van der Waals surface area contributed by atoms with Gasteiger partial charge in [0.25, 0.3) is 5.92 Å². The molecule has 0 aliphatic heterocycles. The van der Waals surface area contributed by atoms with Crippen LogP contribution in [0.25, 0.3) is 0 Å². The molecule has 11 heavy (non-hydrogen) atoms. The first-order chi connectivity index (χ1) is 4.77. The third-order valence-electron chi connectivity index (χ3n) is 0.961. The summed E-state index contributed by atoms with van der Waals surface area (Å²) in [6.07, 6.45) is -0.507. The highest BCUT2D eigenvalue weighted by molar-refractivity contribution is 7.46. The van der Waals surface area contributed by atoms with E-state index in [0.717, 1.165) is 0 Å². The maximum Gasteiger partial charge on any atom is 0.469 e. The number of hydrogen-bond acceptors (Lipinski definition) is 2. The highest BCUT2D eigenvalue weighted by Crippen LogP contribution is 2.37. The Morgan fingerprint density at radius 1 is 1.55 bits per heavy atom. The summed E-state index contributed by atoms with van der Waals surface area (Å²) in [5.74, 6) is -3.17. The van der Waals surface area contributed by atoms with E-state index < -0.39 is 26.8 Å². The Balaban J connectivity index is 3.80. The lowest BCUT2D eigenvalue weighted by Gasteiger charge is -2.13. The van der Waals surface area contributed by atoms with Crippen molar-refractivity contribution >= 4 is 7.82 Å². The minimum atomic E-state index is -4.76. The van der Waals surface area contributed by atoms with Crippen molar-refractivity contribution in [2.75, 3.05) is 6.61 Å². The van der Waals surface area contributed by atoms with E-state index in [9.17, 15) is 13.3 Å². The van der Waals surface area contributed by atoms with Gasteiger partial charge in [0.05, 0.1) is 0 Å². The Morgan fingerprint density at radius 2 is 2.00 bits per heavy atom. The summed E-state index contributed by atoms with van der Waals surface area (Å²) in [4.78, 5) is 16.1. The normalized spacial score (nSPS) is 13.5. The summed E-state index contributed by atoms with van der Waals surface area (Å²) in [6, 6.07) is 0. The number of halogens is 2. The number of phosphoric ester groups is 1. The van der Waals surface area contributed by atoms with Gasteiger partial charge >= 0.3 is 7.82 Å². The molecule has 0 amide bonds. The van der Waals surface area contributed by atoms with Crippen molar-refractivity contribution in [3.8, 4) is 0 Å². The summed E-state index contributed by atoms with van der Waals surface area (Å²) in [6.45, 7) is -0.0448. The second-order valence-electron chi connectivity index (χ2n) is 1.97. The molecule has 7 heteroatoms. The molecule has 0 spiro atoms. The Hall–Kier alpha value is -0.0300. The standard InChI is InChI=1S/C4H9F2O4P/c1-2-4(5,6)3-10-11(7,8)9/h2-3H2,1H3,(H2,7,8,9). The van der Waals surface area contributed by atoms with Crippen molar-refractivity contribution in [2.45, 2.75) is 19.3 Å². The highest BCUT2D eigenvalue weighted by Gasteiger charge is 2.30. The van der Waals surface area contributed by atoms with Crippen LogP contribution in [0.3, 0.4) is 0 Å². The summed E-state index contributed by atoms with van der Waals surface area (Å²) in [5, 5.41) is 0. The van der Waals surface area contributed by atoms with Gasteiger partial charge in [-0.1, -0.05) is 6.92 Å². The second kappa shape index (κ2) is 3.58. The molecule has 0 saturated heterocycles. The molecule has 2 N–H and O–H groups in total. The molecule has 0 heterocycles. The van der Waals surface area contributed by atoms with Crippen LogP contribution in [0.2, 0.25) is 0 Å². The molecule has 0 atom stereocenters. The van der Waals surface area contributed by atoms with E-state index in [1.807, 2.05) is 0 Å². The fraction of sp³-hybridized carbons (Fsp3) is 1.00. The number of hydrogen-bond donors (Lipinski definition) is 2. The Labute approximate surface area is 62.4 Å². The molecule has 0 bridgehead atoms. The molecular weight excluding hydrogens is 181 g/mol. The lowest BCUT2D eigenvalue weighted by Crippen LogP contribution is -2.21. The molecule has 0 saturated carbocycles. The van der Waals surface area contributed by atoms with E-state index in [1.165, 1.54) is 6.92 Å². The zero-order valence-electron chi connectivity index (χ0n) is 5.83. The lowest BCUT2D eigenvalue weighted by atomic mass is 10.3. The van der Waals surface area contributed by atoms with Gasteiger partial charge in [0.1, 0.15) is 6.61 Å². The quantitative estimate of drug-likeness (QED) is 0.652. The monoisotopic (exact) mass is 190 g/mol. The fourth-order valence-electron chi connectivity index (χ4n) is 0.281. The first kappa shape index (κ1) is 11.0. The van der Waals surface area contributed by atoms with Crippen LogP contribution in [-0.4, -0.2) is 22.3 Å². The highest BCUT2D eigenvalue weighted by atomic mass is 31.2. The molecule has 0 aromatic heterocycles. The average molecular weight is 190 g/mol. The topological polar surface area (TPSA) is 66.8 Å². The number of rotatable bonds is 4. The molecule has 0 rings (SSSR count). The van der Waals surface area contributed by atoms with Crippen LogP contribution in [0.1, 0.15) is 13.3 Å². The van der Waals surface area contributed by atoms with Crippen molar-refractivity contribution in [1.29, 1.82) is 0 Å². The molecule has 68 valence electrons. The van der Waals surface area contributed by atoms with Crippen LogP contribution in [0.4, 0.5) is 8.78 Å². The van der Waals surface area contributed by atoms with Crippen LogP contribution in [0.15, 0.2) is 0 Å². The van der Waals surface area contributed by atoms with Crippen molar-refractivity contribution in [3.63, 3.8) is 0 Å². The first-order valence-corrected chi connectivity index (χ1v) is 4.38. The van der Waals surface area contributed by atoms with E-state index in [2.05, 4.69) is 4.52 Å². The number of phosphoric acid groups is 1. The molecule has 0 radical (unpaired) electrons. The van der Waals surface area contributed by atoms with Crippen molar-refractivity contribution in [1.82, 2.24) is 0 Å². The van der Waals surface area contributed by atoms with Gasteiger partial charge in [0.15, 0.2) is 0 Å². The van der Waals surface area contributed by atoms with Gasteiger partial charge in [0, 0.05) is 6.42 Å². The van der Waals surface area contributed by atoms with Crippen LogP contribution in [0.5, 0.6) is 0 Å². The smallest absolute Gasteiger partial charge is 0.303 e. The number of alkyl halides is 2. The summed E-state index contributed by atoms with van der Waals surface area (Å²) < 4.78 is 38.0. The Morgan fingerprint density at radius 3 is 2.27 bits per heavy atom. The SMILES string of the molecule is CCC(F)(F)COP(=O)(O)O. The van der Waals surface area contributed by atoms with E-state index in [0.29, 0.717) is 0 Å². The van der Waals surface area contributed by atoms with Gasteiger partial charge in [-0.2, -0.15) is 0 Å². The average Bonchev–Trinajstić information content (AvgIpc) is 1.83. The predicted molar refractivity (Wildman–Crippen MR) is 33.2 cm³/mol. The predicted octanol–water partition coefficient (Wildman–Crippen LogP) is 1.14. The largest absolute Gasteiger partial charge is 0.469 e. The Kier molecular flexibility index (Phi) is 3.57. The van der Waals surface area contributed by atoms with E-state index in [-0.39, 0.29) is 0 Å².